The molecule has 0 aliphatic rings. The molecule has 0 heterocycles. The fourth-order valence-corrected chi connectivity index (χ4v) is 2.15. The SMILES string of the molecule is CN(Cc1ccc(F)cc1F)C(=O)c1ccc(I)cc1. The molecule has 2 rings (SSSR count). The summed E-state index contributed by atoms with van der Waals surface area (Å²) in [6.45, 7) is 0.0942. The van der Waals surface area contributed by atoms with Crippen molar-refractivity contribution in [3.05, 3.63) is 68.8 Å². The molecule has 0 spiro atoms. The van der Waals surface area contributed by atoms with Crippen LogP contribution in [0, 0.1) is 15.2 Å². The monoisotopic (exact) mass is 387 g/mol. The number of hydrogen-bond donors (Lipinski definition) is 0. The lowest BCUT2D eigenvalue weighted by atomic mass is 10.1. The summed E-state index contributed by atoms with van der Waals surface area (Å²) < 4.78 is 27.4. The topological polar surface area (TPSA) is 20.3 Å². The Morgan fingerprint density at radius 1 is 1.15 bits per heavy atom. The summed E-state index contributed by atoms with van der Waals surface area (Å²) in [5.74, 6) is -1.48. The van der Waals surface area contributed by atoms with Crippen LogP contribution < -0.4 is 0 Å². The molecule has 0 N–H and O–H groups in total. The van der Waals surface area contributed by atoms with Gasteiger partial charge in [0.15, 0.2) is 0 Å². The molecule has 0 saturated heterocycles. The Hall–Kier alpha value is -1.50. The van der Waals surface area contributed by atoms with Gasteiger partial charge in [0.25, 0.3) is 5.91 Å². The largest absolute Gasteiger partial charge is 0.337 e. The Morgan fingerprint density at radius 3 is 2.40 bits per heavy atom. The molecular weight excluding hydrogens is 375 g/mol. The molecule has 0 fully saturated rings. The van der Waals surface area contributed by atoms with Gasteiger partial charge in [-0.1, -0.05) is 6.07 Å². The average molecular weight is 387 g/mol. The molecule has 0 aliphatic carbocycles. The van der Waals surface area contributed by atoms with E-state index in [1.165, 1.54) is 17.0 Å². The van der Waals surface area contributed by atoms with Crippen molar-refractivity contribution < 1.29 is 13.6 Å². The van der Waals surface area contributed by atoms with Crippen molar-refractivity contribution in [1.82, 2.24) is 4.90 Å². The highest BCUT2D eigenvalue weighted by Gasteiger charge is 2.14. The summed E-state index contributed by atoms with van der Waals surface area (Å²) >= 11 is 2.15. The molecule has 0 saturated carbocycles. The van der Waals surface area contributed by atoms with Crippen LogP contribution in [0.2, 0.25) is 0 Å². The Kier molecular flexibility index (Phi) is 4.69. The average Bonchev–Trinajstić information content (AvgIpc) is 2.42. The molecule has 0 unspecified atom stereocenters. The van der Waals surface area contributed by atoms with Crippen LogP contribution >= 0.6 is 22.6 Å². The third kappa shape index (κ3) is 3.53. The van der Waals surface area contributed by atoms with Gasteiger partial charge in [-0.2, -0.15) is 0 Å². The number of amides is 1. The van der Waals surface area contributed by atoms with Crippen molar-refractivity contribution in [2.24, 2.45) is 0 Å². The maximum Gasteiger partial charge on any atom is 0.253 e. The van der Waals surface area contributed by atoms with Crippen LogP contribution in [0.5, 0.6) is 0 Å². The lowest BCUT2D eigenvalue weighted by Crippen LogP contribution is -2.26. The molecular formula is C15H12F2INO. The van der Waals surface area contributed by atoms with Gasteiger partial charge in [0.05, 0.1) is 0 Å². The molecule has 2 aromatic carbocycles. The van der Waals surface area contributed by atoms with E-state index in [0.29, 0.717) is 5.56 Å². The summed E-state index contributed by atoms with van der Waals surface area (Å²) in [7, 11) is 1.59. The molecule has 0 aliphatic heterocycles. The first kappa shape index (κ1) is 14.9. The number of nitrogens with zero attached hydrogens (tertiary/aromatic N) is 1. The number of carbonyl (C=O) groups is 1. The van der Waals surface area contributed by atoms with Gasteiger partial charge in [-0.3, -0.25) is 4.79 Å². The van der Waals surface area contributed by atoms with E-state index in [0.717, 1.165) is 9.64 Å². The van der Waals surface area contributed by atoms with Crippen LogP contribution in [-0.4, -0.2) is 17.9 Å². The van der Waals surface area contributed by atoms with E-state index >= 15 is 0 Å². The number of carbonyl (C=O) groups excluding carboxylic acids is 1. The molecule has 20 heavy (non-hydrogen) atoms. The minimum absolute atomic E-state index is 0.0942. The Balaban J connectivity index is 2.13. The van der Waals surface area contributed by atoms with E-state index in [9.17, 15) is 13.6 Å². The van der Waals surface area contributed by atoms with Crippen molar-refractivity contribution in [2.75, 3.05) is 7.05 Å². The smallest absolute Gasteiger partial charge is 0.253 e. The van der Waals surface area contributed by atoms with Crippen molar-refractivity contribution in [2.45, 2.75) is 6.54 Å². The van der Waals surface area contributed by atoms with Crippen LogP contribution in [-0.2, 0) is 6.54 Å². The summed E-state index contributed by atoms with van der Waals surface area (Å²) in [5.41, 5.74) is 0.822. The molecule has 5 heteroatoms. The zero-order chi connectivity index (χ0) is 14.7. The maximum absolute atomic E-state index is 13.6. The van der Waals surface area contributed by atoms with Crippen molar-refractivity contribution in [1.29, 1.82) is 0 Å². The van der Waals surface area contributed by atoms with E-state index in [4.69, 9.17) is 0 Å². The normalized spacial score (nSPS) is 10.4. The van der Waals surface area contributed by atoms with Crippen LogP contribution in [0.3, 0.4) is 0 Å². The van der Waals surface area contributed by atoms with Gasteiger partial charge < -0.3 is 4.90 Å². The van der Waals surface area contributed by atoms with Gasteiger partial charge in [0.2, 0.25) is 0 Å². The molecule has 1 amide bonds. The first-order chi connectivity index (χ1) is 9.47. The minimum Gasteiger partial charge on any atom is -0.337 e. The van der Waals surface area contributed by atoms with Gasteiger partial charge >= 0.3 is 0 Å². The van der Waals surface area contributed by atoms with Crippen molar-refractivity contribution in [3.63, 3.8) is 0 Å². The molecule has 2 aromatic rings. The summed E-state index contributed by atoms with van der Waals surface area (Å²) in [6.07, 6.45) is 0. The number of hydrogen-bond acceptors (Lipinski definition) is 1. The highest BCUT2D eigenvalue weighted by molar-refractivity contribution is 14.1. The van der Waals surface area contributed by atoms with Gasteiger partial charge in [-0.15, -0.1) is 0 Å². The first-order valence-electron chi connectivity index (χ1n) is 5.92. The lowest BCUT2D eigenvalue weighted by molar-refractivity contribution is 0.0784. The number of benzene rings is 2. The van der Waals surface area contributed by atoms with Gasteiger partial charge in [0.1, 0.15) is 11.6 Å². The lowest BCUT2D eigenvalue weighted by Gasteiger charge is -2.17. The maximum atomic E-state index is 13.6. The second kappa shape index (κ2) is 6.30. The van der Waals surface area contributed by atoms with Crippen LogP contribution in [0.4, 0.5) is 8.78 Å². The second-order valence-corrected chi connectivity index (χ2v) is 5.65. The molecule has 0 radical (unpaired) electrons. The predicted molar refractivity (Wildman–Crippen MR) is 81.3 cm³/mol. The molecule has 0 atom stereocenters. The van der Waals surface area contributed by atoms with Crippen molar-refractivity contribution >= 4 is 28.5 Å². The van der Waals surface area contributed by atoms with E-state index in [1.807, 2.05) is 12.1 Å². The third-order valence-corrected chi connectivity index (χ3v) is 3.58. The molecule has 2 nitrogen and oxygen atoms in total. The predicted octanol–water partition coefficient (Wildman–Crippen LogP) is 3.84. The molecule has 104 valence electrons. The zero-order valence-electron chi connectivity index (χ0n) is 10.7. The van der Waals surface area contributed by atoms with Crippen LogP contribution in [0.15, 0.2) is 42.5 Å². The quantitative estimate of drug-likeness (QED) is 0.733. The minimum atomic E-state index is -0.646. The van der Waals surface area contributed by atoms with Gasteiger partial charge in [-0.25, -0.2) is 8.78 Å². The van der Waals surface area contributed by atoms with Crippen molar-refractivity contribution in [3.8, 4) is 0 Å². The van der Waals surface area contributed by atoms with Gasteiger partial charge in [0, 0.05) is 34.4 Å². The highest BCUT2D eigenvalue weighted by Crippen LogP contribution is 2.14. The number of rotatable bonds is 3. The summed E-state index contributed by atoms with van der Waals surface area (Å²) in [4.78, 5) is 13.6. The third-order valence-electron chi connectivity index (χ3n) is 2.86. The standard InChI is InChI=1S/C15H12F2INO/c1-19(9-11-2-5-12(16)8-14(11)17)15(20)10-3-6-13(18)7-4-10/h2-8H,9H2,1H3. The van der Waals surface area contributed by atoms with Crippen LogP contribution in [0.25, 0.3) is 0 Å². The summed E-state index contributed by atoms with van der Waals surface area (Å²) in [6, 6.07) is 10.5. The highest BCUT2D eigenvalue weighted by atomic mass is 127. The fourth-order valence-electron chi connectivity index (χ4n) is 1.79. The molecule has 0 aromatic heterocycles. The van der Waals surface area contributed by atoms with E-state index in [-0.39, 0.29) is 18.0 Å². The van der Waals surface area contributed by atoms with E-state index in [2.05, 4.69) is 22.6 Å². The Morgan fingerprint density at radius 2 is 1.80 bits per heavy atom. The van der Waals surface area contributed by atoms with Crippen LogP contribution in [0.1, 0.15) is 15.9 Å². The Bertz CT molecular complexity index is 628. The molecule has 0 bridgehead atoms. The number of halogens is 3. The fraction of sp³-hybridized carbons (Fsp3) is 0.133. The summed E-state index contributed by atoms with van der Waals surface area (Å²) in [5, 5.41) is 0. The van der Waals surface area contributed by atoms with E-state index < -0.39 is 11.6 Å². The Labute approximate surface area is 129 Å². The van der Waals surface area contributed by atoms with E-state index in [1.54, 1.807) is 19.2 Å². The van der Waals surface area contributed by atoms with Gasteiger partial charge in [-0.05, 0) is 52.9 Å². The second-order valence-electron chi connectivity index (χ2n) is 4.40. The zero-order valence-corrected chi connectivity index (χ0v) is 12.9. The first-order valence-corrected chi connectivity index (χ1v) is 7.00.